The maximum atomic E-state index is 15.6. The highest BCUT2D eigenvalue weighted by atomic mass is 35.5. The lowest BCUT2D eigenvalue weighted by atomic mass is 9.99. The average molecular weight is 579 g/mol. The van der Waals surface area contributed by atoms with Gasteiger partial charge in [0.15, 0.2) is 0 Å². The first-order valence-electron chi connectivity index (χ1n) is 12.3. The Morgan fingerprint density at radius 3 is 2.64 bits per heavy atom. The topological polar surface area (TPSA) is 109 Å². The summed E-state index contributed by atoms with van der Waals surface area (Å²) in [6.45, 7) is 1.38. The zero-order valence-electron chi connectivity index (χ0n) is 22.2. The monoisotopic (exact) mass is 578 g/mol. The summed E-state index contributed by atoms with van der Waals surface area (Å²) in [5, 5.41) is 6.76. The number of aromatic nitrogens is 2. The second kappa shape index (κ2) is 12.3. The van der Waals surface area contributed by atoms with Gasteiger partial charge >= 0.3 is 0 Å². The van der Waals surface area contributed by atoms with Crippen molar-refractivity contribution in [1.82, 2.24) is 20.2 Å². The van der Waals surface area contributed by atoms with Crippen molar-refractivity contribution in [2.75, 3.05) is 51.0 Å². The molecule has 1 saturated heterocycles. The number of hydrogen-bond donors (Lipinski definition) is 2. The summed E-state index contributed by atoms with van der Waals surface area (Å²) < 4.78 is 55.2. The van der Waals surface area contributed by atoms with Gasteiger partial charge in [-0.2, -0.15) is 0 Å². The number of piperidine rings is 1. The largest absolute Gasteiger partial charge is 0.497 e. The third kappa shape index (κ3) is 6.35. The van der Waals surface area contributed by atoms with Crippen LogP contribution in [0.25, 0.3) is 0 Å². The Morgan fingerprint density at radius 1 is 1.18 bits per heavy atom. The van der Waals surface area contributed by atoms with E-state index in [0.29, 0.717) is 22.7 Å². The quantitative estimate of drug-likeness (QED) is 0.374. The van der Waals surface area contributed by atoms with E-state index in [1.807, 2.05) is 14.1 Å². The van der Waals surface area contributed by atoms with Gasteiger partial charge in [0.25, 0.3) is 10.0 Å². The van der Waals surface area contributed by atoms with E-state index in [4.69, 9.17) is 21.1 Å². The zero-order chi connectivity index (χ0) is 28.2. The van der Waals surface area contributed by atoms with Gasteiger partial charge in [0.1, 0.15) is 34.4 Å². The van der Waals surface area contributed by atoms with Crippen LogP contribution < -0.4 is 24.4 Å². The maximum absolute atomic E-state index is 15.6. The summed E-state index contributed by atoms with van der Waals surface area (Å²) in [4.78, 5) is 9.51. The number of rotatable bonds is 10. The first kappa shape index (κ1) is 28.8. The van der Waals surface area contributed by atoms with E-state index in [1.54, 1.807) is 18.2 Å². The molecule has 2 heterocycles. The molecule has 2 atom stereocenters. The zero-order valence-corrected chi connectivity index (χ0v) is 23.8. The molecule has 13 heteroatoms. The predicted octanol–water partition coefficient (Wildman–Crippen LogP) is 3.39. The lowest BCUT2D eigenvalue weighted by Gasteiger charge is -2.37. The summed E-state index contributed by atoms with van der Waals surface area (Å²) in [6, 6.07) is 8.85. The maximum Gasteiger partial charge on any atom is 0.268 e. The van der Waals surface area contributed by atoms with Gasteiger partial charge in [0, 0.05) is 42.5 Å². The van der Waals surface area contributed by atoms with Crippen LogP contribution in [0.2, 0.25) is 5.02 Å². The highest BCUT2D eigenvalue weighted by Gasteiger charge is 2.32. The highest BCUT2D eigenvalue weighted by molar-refractivity contribution is 7.92. The number of nitrogens with zero attached hydrogens (tertiary/aromatic N) is 4. The third-order valence-corrected chi connectivity index (χ3v) is 8.75. The second-order valence-corrected chi connectivity index (χ2v) is 11.5. The number of methoxy groups -OCH3 is 2. The van der Waals surface area contributed by atoms with E-state index in [-0.39, 0.29) is 29.5 Å². The van der Waals surface area contributed by atoms with Gasteiger partial charge in [0.2, 0.25) is 0 Å². The first-order chi connectivity index (χ1) is 18.6. The van der Waals surface area contributed by atoms with E-state index in [1.165, 1.54) is 32.8 Å². The van der Waals surface area contributed by atoms with Crippen LogP contribution in [0.5, 0.6) is 11.5 Å². The van der Waals surface area contributed by atoms with Crippen molar-refractivity contribution in [2.24, 2.45) is 0 Å². The number of sulfonamides is 1. The smallest absolute Gasteiger partial charge is 0.268 e. The van der Waals surface area contributed by atoms with Crippen LogP contribution in [0.15, 0.2) is 53.8 Å². The first-order valence-corrected chi connectivity index (χ1v) is 14.1. The summed E-state index contributed by atoms with van der Waals surface area (Å²) in [5.41, 5.74) is 0.850. The molecule has 0 bridgehead atoms. The number of nitrogens with one attached hydrogen (secondary N) is 2. The summed E-state index contributed by atoms with van der Waals surface area (Å²) in [6.07, 6.45) is 3.43. The Morgan fingerprint density at radius 2 is 1.97 bits per heavy atom. The van der Waals surface area contributed by atoms with Gasteiger partial charge < -0.3 is 25.0 Å². The molecule has 0 saturated carbocycles. The minimum absolute atomic E-state index is 0.000612. The molecule has 0 amide bonds. The Labute approximate surface area is 233 Å². The van der Waals surface area contributed by atoms with Crippen LogP contribution in [-0.4, -0.2) is 76.8 Å². The SMILES string of the molecule is COc1ccc(CN(c2ccncn2)S(=O)(=O)c2cc(Cl)c(NC3CCNC[C@@H]3N(C)C)cc2F)c(OC)c1. The standard InChI is InChI=1S/C26H32ClFN6O4S/c1-33(2)23-14-29-9-7-21(23)32-22-13-20(28)25(12-19(22)27)39(35,36)34(26-8-10-30-16-31-26)15-17-5-6-18(37-3)11-24(17)38-4/h5-6,8,10-13,16,21,23,29,32H,7,9,14-15H2,1-4H3/t21?,23-/m0/s1. The fourth-order valence-electron chi connectivity index (χ4n) is 4.57. The van der Waals surface area contributed by atoms with E-state index < -0.39 is 20.7 Å². The van der Waals surface area contributed by atoms with Gasteiger partial charge in [-0.1, -0.05) is 11.6 Å². The predicted molar refractivity (Wildman–Crippen MR) is 149 cm³/mol. The van der Waals surface area contributed by atoms with Crippen molar-refractivity contribution in [2.45, 2.75) is 29.9 Å². The molecule has 39 heavy (non-hydrogen) atoms. The van der Waals surface area contributed by atoms with Crippen LogP contribution >= 0.6 is 11.6 Å². The van der Waals surface area contributed by atoms with Crippen molar-refractivity contribution in [3.63, 3.8) is 0 Å². The fraction of sp³-hybridized carbons (Fsp3) is 0.385. The van der Waals surface area contributed by atoms with Crippen LogP contribution in [0.3, 0.4) is 0 Å². The van der Waals surface area contributed by atoms with Crippen molar-refractivity contribution < 1.29 is 22.3 Å². The molecule has 1 unspecified atom stereocenters. The molecule has 0 spiro atoms. The van der Waals surface area contributed by atoms with Crippen LogP contribution in [-0.2, 0) is 16.6 Å². The minimum Gasteiger partial charge on any atom is -0.497 e. The number of ether oxygens (including phenoxy) is 2. The Balaban J connectivity index is 1.71. The molecule has 4 rings (SSSR count). The second-order valence-electron chi connectivity index (χ2n) is 9.29. The van der Waals surface area contributed by atoms with Crippen molar-refractivity contribution in [3.05, 3.63) is 65.3 Å². The number of anilines is 2. The van der Waals surface area contributed by atoms with Crippen molar-refractivity contribution in [3.8, 4) is 11.5 Å². The number of halogens is 2. The molecule has 1 aromatic heterocycles. The number of hydrogen-bond acceptors (Lipinski definition) is 9. The van der Waals surface area contributed by atoms with E-state index in [0.717, 1.165) is 35.9 Å². The molecule has 10 nitrogen and oxygen atoms in total. The van der Waals surface area contributed by atoms with E-state index in [2.05, 4.69) is 25.5 Å². The molecular formula is C26H32ClFN6O4S. The minimum atomic E-state index is -4.47. The third-order valence-electron chi connectivity index (χ3n) is 6.67. The van der Waals surface area contributed by atoms with E-state index >= 15 is 4.39 Å². The molecule has 2 N–H and O–H groups in total. The van der Waals surface area contributed by atoms with Gasteiger partial charge in [0.05, 0.1) is 31.5 Å². The molecule has 210 valence electrons. The molecular weight excluding hydrogens is 547 g/mol. The molecule has 3 aromatic rings. The van der Waals surface area contributed by atoms with Crippen LogP contribution in [0, 0.1) is 5.82 Å². The summed E-state index contributed by atoms with van der Waals surface area (Å²) in [5.74, 6) is 0.0689. The number of benzene rings is 2. The molecule has 1 fully saturated rings. The van der Waals surface area contributed by atoms with Crippen molar-refractivity contribution >= 4 is 33.1 Å². The average Bonchev–Trinajstić information content (AvgIpc) is 2.93. The van der Waals surface area contributed by atoms with Gasteiger partial charge in [-0.15, -0.1) is 0 Å². The van der Waals surface area contributed by atoms with Gasteiger partial charge in [-0.05, 0) is 51.3 Å². The van der Waals surface area contributed by atoms with E-state index in [9.17, 15) is 8.42 Å². The lowest BCUT2D eigenvalue weighted by Crippen LogP contribution is -2.54. The molecule has 1 aliphatic rings. The van der Waals surface area contributed by atoms with Gasteiger partial charge in [-0.3, -0.25) is 0 Å². The summed E-state index contributed by atoms with van der Waals surface area (Å²) >= 11 is 6.55. The number of likely N-dealkylation sites (N-methyl/N-ethyl adjacent to an activating group) is 1. The van der Waals surface area contributed by atoms with Crippen LogP contribution in [0.4, 0.5) is 15.9 Å². The molecule has 0 aliphatic carbocycles. The highest BCUT2D eigenvalue weighted by Crippen LogP contribution is 2.34. The molecule has 1 aliphatic heterocycles. The fourth-order valence-corrected chi connectivity index (χ4v) is 6.32. The van der Waals surface area contributed by atoms with Gasteiger partial charge in [-0.25, -0.2) is 27.1 Å². The lowest BCUT2D eigenvalue weighted by molar-refractivity contribution is 0.224. The van der Waals surface area contributed by atoms with Crippen LogP contribution in [0.1, 0.15) is 12.0 Å². The molecule has 0 radical (unpaired) electrons. The normalized spacial score (nSPS) is 17.6. The Hall–Kier alpha value is -3.19. The Kier molecular flexibility index (Phi) is 9.11. The molecule has 2 aromatic carbocycles. The Bertz CT molecular complexity index is 1400. The van der Waals surface area contributed by atoms with Crippen molar-refractivity contribution in [1.29, 1.82) is 0 Å². The summed E-state index contributed by atoms with van der Waals surface area (Å²) in [7, 11) is 2.47.